The van der Waals surface area contributed by atoms with Crippen LogP contribution in [0.5, 0.6) is 5.75 Å². The summed E-state index contributed by atoms with van der Waals surface area (Å²) in [4.78, 5) is 11.5. The molecule has 0 heterocycles. The molecule has 1 aromatic carbocycles. The Hall–Kier alpha value is -1.62. The molecule has 4 nitrogen and oxygen atoms in total. The number of hydrogen-bond donors (Lipinski definition) is 2. The number of aliphatic hydroxyl groups is 1. The molecule has 0 bridgehead atoms. The maximum Gasteiger partial charge on any atom is 0.223 e. The molecule has 0 fully saturated rings. The van der Waals surface area contributed by atoms with Gasteiger partial charge < -0.3 is 15.2 Å². The van der Waals surface area contributed by atoms with Crippen molar-refractivity contribution in [2.75, 3.05) is 13.2 Å². The molecule has 1 rings (SSSR count). The van der Waals surface area contributed by atoms with Crippen molar-refractivity contribution >= 4 is 5.91 Å². The summed E-state index contributed by atoms with van der Waals surface area (Å²) in [5.41, 5.74) is -0.881. The van der Waals surface area contributed by atoms with Gasteiger partial charge in [-0.1, -0.05) is 6.92 Å². The van der Waals surface area contributed by atoms with E-state index in [1.807, 2.05) is 6.92 Å². The van der Waals surface area contributed by atoms with E-state index in [2.05, 4.69) is 5.32 Å². The third kappa shape index (κ3) is 6.20. The number of rotatable bonds is 7. The smallest absolute Gasteiger partial charge is 0.223 e. The minimum Gasteiger partial charge on any atom is -0.493 e. The van der Waals surface area contributed by atoms with Gasteiger partial charge in [-0.05, 0) is 37.6 Å². The van der Waals surface area contributed by atoms with E-state index in [4.69, 9.17) is 4.74 Å². The van der Waals surface area contributed by atoms with Crippen molar-refractivity contribution in [1.29, 1.82) is 0 Å². The van der Waals surface area contributed by atoms with E-state index < -0.39 is 5.60 Å². The maximum absolute atomic E-state index is 12.6. The summed E-state index contributed by atoms with van der Waals surface area (Å²) in [5.74, 6) is 0.0116. The normalized spacial score (nSPS) is 13.7. The molecule has 1 amide bonds. The zero-order valence-corrected chi connectivity index (χ0v) is 11.3. The van der Waals surface area contributed by atoms with E-state index in [1.165, 1.54) is 24.3 Å². The van der Waals surface area contributed by atoms with Crippen molar-refractivity contribution in [3.05, 3.63) is 30.1 Å². The summed E-state index contributed by atoms with van der Waals surface area (Å²) in [6, 6.07) is 5.62. The number of ether oxygens (including phenoxy) is 1. The summed E-state index contributed by atoms with van der Waals surface area (Å²) < 4.78 is 17.9. The van der Waals surface area contributed by atoms with Crippen molar-refractivity contribution < 1.29 is 19.0 Å². The van der Waals surface area contributed by atoms with Crippen molar-refractivity contribution in [3.63, 3.8) is 0 Å². The van der Waals surface area contributed by atoms with Crippen LogP contribution in [0.15, 0.2) is 24.3 Å². The summed E-state index contributed by atoms with van der Waals surface area (Å²) in [5, 5.41) is 12.4. The van der Waals surface area contributed by atoms with E-state index >= 15 is 0 Å². The molecule has 0 spiro atoms. The van der Waals surface area contributed by atoms with Crippen LogP contribution < -0.4 is 10.1 Å². The summed E-state index contributed by atoms with van der Waals surface area (Å²) in [6.07, 6.45) is 0.760. The third-order valence-corrected chi connectivity index (χ3v) is 2.84. The highest BCUT2D eigenvalue weighted by molar-refractivity contribution is 5.76. The van der Waals surface area contributed by atoms with Gasteiger partial charge in [0.1, 0.15) is 11.6 Å². The van der Waals surface area contributed by atoms with Gasteiger partial charge in [0.2, 0.25) is 5.91 Å². The predicted octanol–water partition coefficient (Wildman–Crippen LogP) is 1.87. The van der Waals surface area contributed by atoms with Crippen LogP contribution in [0.2, 0.25) is 0 Å². The SMILES string of the molecule is CCC(C)(O)CNC(=O)CCOc1ccc(F)cc1. The topological polar surface area (TPSA) is 58.6 Å². The van der Waals surface area contributed by atoms with Crippen molar-refractivity contribution in [3.8, 4) is 5.75 Å². The Balaban J connectivity index is 2.22. The van der Waals surface area contributed by atoms with Crippen LogP contribution in [0.1, 0.15) is 26.7 Å². The molecule has 1 atom stereocenters. The molecule has 0 saturated heterocycles. The van der Waals surface area contributed by atoms with Gasteiger partial charge in [-0.2, -0.15) is 0 Å². The Labute approximate surface area is 112 Å². The second-order valence-electron chi connectivity index (χ2n) is 4.68. The molecular weight excluding hydrogens is 249 g/mol. The van der Waals surface area contributed by atoms with E-state index in [0.29, 0.717) is 12.2 Å². The first-order chi connectivity index (χ1) is 8.93. The second kappa shape index (κ2) is 7.09. The van der Waals surface area contributed by atoms with Gasteiger partial charge in [-0.25, -0.2) is 4.39 Å². The molecule has 0 aliphatic heterocycles. The first-order valence-corrected chi connectivity index (χ1v) is 6.30. The van der Waals surface area contributed by atoms with Crippen molar-refractivity contribution in [2.45, 2.75) is 32.3 Å². The van der Waals surface area contributed by atoms with Crippen LogP contribution in [-0.4, -0.2) is 29.8 Å². The number of benzene rings is 1. The number of carbonyl (C=O) groups excluding carboxylic acids is 1. The van der Waals surface area contributed by atoms with Crippen LogP contribution >= 0.6 is 0 Å². The van der Waals surface area contributed by atoms with Crippen LogP contribution in [0.4, 0.5) is 4.39 Å². The average molecular weight is 269 g/mol. The Kier molecular flexibility index (Phi) is 5.76. The lowest BCUT2D eigenvalue weighted by Crippen LogP contribution is -2.40. The number of carbonyl (C=O) groups is 1. The highest BCUT2D eigenvalue weighted by Crippen LogP contribution is 2.11. The van der Waals surface area contributed by atoms with Gasteiger partial charge in [0.15, 0.2) is 0 Å². The van der Waals surface area contributed by atoms with Crippen LogP contribution in [0.3, 0.4) is 0 Å². The molecule has 0 aromatic heterocycles. The molecule has 5 heteroatoms. The van der Waals surface area contributed by atoms with E-state index in [0.717, 1.165) is 0 Å². The van der Waals surface area contributed by atoms with Crippen LogP contribution in [-0.2, 0) is 4.79 Å². The highest BCUT2D eigenvalue weighted by Gasteiger charge is 2.18. The number of hydrogen-bond acceptors (Lipinski definition) is 3. The summed E-state index contributed by atoms with van der Waals surface area (Å²) >= 11 is 0. The fourth-order valence-electron chi connectivity index (χ4n) is 1.29. The quantitative estimate of drug-likeness (QED) is 0.794. The van der Waals surface area contributed by atoms with Gasteiger partial charge in [0, 0.05) is 6.54 Å². The molecular formula is C14H20FNO3. The number of amides is 1. The first-order valence-electron chi connectivity index (χ1n) is 6.30. The van der Waals surface area contributed by atoms with Crippen LogP contribution in [0.25, 0.3) is 0 Å². The Bertz CT molecular complexity index is 404. The molecule has 19 heavy (non-hydrogen) atoms. The lowest BCUT2D eigenvalue weighted by molar-refractivity contribution is -0.122. The Morgan fingerprint density at radius 1 is 1.42 bits per heavy atom. The third-order valence-electron chi connectivity index (χ3n) is 2.84. The Morgan fingerprint density at radius 3 is 2.63 bits per heavy atom. The Morgan fingerprint density at radius 2 is 2.05 bits per heavy atom. The maximum atomic E-state index is 12.6. The molecule has 0 aliphatic rings. The lowest BCUT2D eigenvalue weighted by Gasteiger charge is -2.21. The minimum atomic E-state index is -0.881. The molecule has 0 radical (unpaired) electrons. The largest absolute Gasteiger partial charge is 0.493 e. The molecule has 1 aromatic rings. The lowest BCUT2D eigenvalue weighted by atomic mass is 10.0. The first kappa shape index (κ1) is 15.4. The summed E-state index contributed by atoms with van der Waals surface area (Å²) in [6.45, 7) is 3.96. The zero-order valence-electron chi connectivity index (χ0n) is 11.3. The zero-order chi connectivity index (χ0) is 14.3. The van der Waals surface area contributed by atoms with Gasteiger partial charge in [-0.3, -0.25) is 4.79 Å². The van der Waals surface area contributed by atoms with E-state index in [1.54, 1.807) is 6.92 Å². The molecule has 1 unspecified atom stereocenters. The molecule has 2 N–H and O–H groups in total. The van der Waals surface area contributed by atoms with Crippen LogP contribution in [0, 0.1) is 5.82 Å². The molecule has 106 valence electrons. The van der Waals surface area contributed by atoms with Gasteiger partial charge in [0.05, 0.1) is 18.6 Å². The predicted molar refractivity (Wildman–Crippen MR) is 70.4 cm³/mol. The standard InChI is InChI=1S/C14H20FNO3/c1-3-14(2,18)10-16-13(17)8-9-19-12-6-4-11(15)5-7-12/h4-7,18H,3,8-10H2,1-2H3,(H,16,17). The number of nitrogens with one attached hydrogen (secondary N) is 1. The van der Waals surface area contributed by atoms with Gasteiger partial charge in [0.25, 0.3) is 0 Å². The summed E-state index contributed by atoms with van der Waals surface area (Å²) in [7, 11) is 0. The van der Waals surface area contributed by atoms with Crippen molar-refractivity contribution in [1.82, 2.24) is 5.32 Å². The highest BCUT2D eigenvalue weighted by atomic mass is 19.1. The van der Waals surface area contributed by atoms with E-state index in [9.17, 15) is 14.3 Å². The molecule has 0 aliphatic carbocycles. The monoisotopic (exact) mass is 269 g/mol. The second-order valence-corrected chi connectivity index (χ2v) is 4.68. The molecule has 0 saturated carbocycles. The van der Waals surface area contributed by atoms with E-state index in [-0.39, 0.29) is 31.3 Å². The van der Waals surface area contributed by atoms with Gasteiger partial charge in [-0.15, -0.1) is 0 Å². The van der Waals surface area contributed by atoms with Crippen molar-refractivity contribution in [2.24, 2.45) is 0 Å². The number of halogens is 1. The fourth-order valence-corrected chi connectivity index (χ4v) is 1.29. The minimum absolute atomic E-state index is 0.184. The average Bonchev–Trinajstić information content (AvgIpc) is 2.39. The van der Waals surface area contributed by atoms with Gasteiger partial charge >= 0.3 is 0 Å². The fraction of sp³-hybridized carbons (Fsp3) is 0.500.